The number of primary amides is 1. The van der Waals surface area contributed by atoms with Crippen molar-refractivity contribution in [3.8, 4) is 5.75 Å². The maximum atomic E-state index is 10.8. The van der Waals surface area contributed by atoms with E-state index in [1.807, 2.05) is 6.07 Å². The first kappa shape index (κ1) is 14.4. The van der Waals surface area contributed by atoms with E-state index in [4.69, 9.17) is 15.2 Å². The zero-order valence-electron chi connectivity index (χ0n) is 10.7. The summed E-state index contributed by atoms with van der Waals surface area (Å²) in [5.74, 6) is 0.0299. The van der Waals surface area contributed by atoms with Crippen LogP contribution in [-0.4, -0.2) is 37.3 Å². The fourth-order valence-electron chi connectivity index (χ4n) is 1.24. The van der Waals surface area contributed by atoms with Gasteiger partial charge in [-0.2, -0.15) is 0 Å². The topological polar surface area (TPSA) is 86.5 Å². The second-order valence-electron chi connectivity index (χ2n) is 3.82. The fourth-order valence-corrected chi connectivity index (χ4v) is 1.24. The number of nitrogens with one attached hydrogen (secondary N) is 1. The van der Waals surface area contributed by atoms with Crippen molar-refractivity contribution in [2.75, 3.05) is 20.3 Å². The van der Waals surface area contributed by atoms with E-state index < -0.39 is 12.0 Å². The number of carbonyl (C=O) groups is 1. The Kier molecular flexibility index (Phi) is 6.10. The molecule has 1 aromatic rings. The Balaban J connectivity index is 2.40. The molecule has 0 aliphatic heterocycles. The van der Waals surface area contributed by atoms with Gasteiger partial charge in [-0.3, -0.25) is 9.78 Å². The molecule has 0 aliphatic carbocycles. The van der Waals surface area contributed by atoms with Crippen LogP contribution in [-0.2, 0) is 16.1 Å². The van der Waals surface area contributed by atoms with Crippen LogP contribution in [0.2, 0.25) is 0 Å². The lowest BCUT2D eigenvalue weighted by Crippen LogP contribution is -2.30. The van der Waals surface area contributed by atoms with Crippen molar-refractivity contribution >= 4 is 5.91 Å². The summed E-state index contributed by atoms with van der Waals surface area (Å²) in [6, 6.07) is 3.60. The number of ether oxygens (including phenoxy) is 2. The van der Waals surface area contributed by atoms with Crippen LogP contribution in [0.5, 0.6) is 5.75 Å². The summed E-state index contributed by atoms with van der Waals surface area (Å²) in [5.41, 5.74) is 6.00. The summed E-state index contributed by atoms with van der Waals surface area (Å²) in [4.78, 5) is 15.0. The molecule has 0 fully saturated rings. The molecule has 0 saturated heterocycles. The summed E-state index contributed by atoms with van der Waals surface area (Å²) < 4.78 is 10.2. The van der Waals surface area contributed by atoms with Crippen LogP contribution in [0.25, 0.3) is 0 Å². The molecule has 1 heterocycles. The van der Waals surface area contributed by atoms with Crippen molar-refractivity contribution in [2.24, 2.45) is 5.73 Å². The third kappa shape index (κ3) is 5.11. The Hall–Kier alpha value is -1.66. The van der Waals surface area contributed by atoms with Crippen LogP contribution in [0.3, 0.4) is 0 Å². The number of nitrogens with zero attached hydrogens (tertiary/aromatic N) is 1. The van der Waals surface area contributed by atoms with Gasteiger partial charge in [0.25, 0.3) is 5.91 Å². The molecule has 0 radical (unpaired) electrons. The number of nitrogens with two attached hydrogens (primary N) is 1. The van der Waals surface area contributed by atoms with Crippen LogP contribution in [0.15, 0.2) is 18.3 Å². The molecule has 1 rings (SSSR count). The minimum Gasteiger partial charge on any atom is -0.479 e. The number of amides is 1. The first-order valence-electron chi connectivity index (χ1n) is 5.74. The van der Waals surface area contributed by atoms with Crippen molar-refractivity contribution in [1.82, 2.24) is 10.3 Å². The zero-order valence-corrected chi connectivity index (χ0v) is 10.7. The molecule has 6 heteroatoms. The maximum absolute atomic E-state index is 10.8. The minimum atomic E-state index is -0.655. The smallest absolute Gasteiger partial charge is 0.258 e. The number of methoxy groups -OCH3 is 1. The molecule has 1 amide bonds. The van der Waals surface area contributed by atoms with Gasteiger partial charge in [-0.25, -0.2) is 0 Å². The van der Waals surface area contributed by atoms with Gasteiger partial charge in [0, 0.05) is 20.2 Å². The molecule has 6 nitrogen and oxygen atoms in total. The monoisotopic (exact) mass is 253 g/mol. The number of hydrogen-bond donors (Lipinski definition) is 2. The number of rotatable bonds is 8. The molecule has 1 unspecified atom stereocenters. The highest BCUT2D eigenvalue weighted by Gasteiger charge is 2.09. The fraction of sp³-hybridized carbons (Fsp3) is 0.500. The van der Waals surface area contributed by atoms with E-state index in [0.717, 1.165) is 12.2 Å². The van der Waals surface area contributed by atoms with Crippen LogP contribution < -0.4 is 15.8 Å². The van der Waals surface area contributed by atoms with E-state index in [1.54, 1.807) is 26.3 Å². The molecule has 18 heavy (non-hydrogen) atoms. The molecule has 0 spiro atoms. The van der Waals surface area contributed by atoms with Crippen LogP contribution in [0.4, 0.5) is 0 Å². The number of pyridine rings is 1. The predicted molar refractivity (Wildman–Crippen MR) is 67.1 cm³/mol. The van der Waals surface area contributed by atoms with Crippen molar-refractivity contribution in [1.29, 1.82) is 0 Å². The lowest BCUT2D eigenvalue weighted by Gasteiger charge is -2.11. The first-order chi connectivity index (χ1) is 8.63. The number of aromatic nitrogens is 1. The Bertz CT molecular complexity index is 367. The summed E-state index contributed by atoms with van der Waals surface area (Å²) in [7, 11) is 1.66. The van der Waals surface area contributed by atoms with Crippen molar-refractivity contribution in [2.45, 2.75) is 19.6 Å². The van der Waals surface area contributed by atoms with E-state index in [2.05, 4.69) is 10.3 Å². The van der Waals surface area contributed by atoms with E-state index in [0.29, 0.717) is 18.9 Å². The van der Waals surface area contributed by atoms with E-state index >= 15 is 0 Å². The molecule has 0 saturated carbocycles. The predicted octanol–water partition coefficient (Wildman–Crippen LogP) is 0.0702. The molecule has 1 aromatic heterocycles. The number of hydrogen-bond acceptors (Lipinski definition) is 5. The van der Waals surface area contributed by atoms with E-state index in [-0.39, 0.29) is 0 Å². The average Bonchev–Trinajstić information content (AvgIpc) is 2.36. The summed E-state index contributed by atoms with van der Waals surface area (Å²) >= 11 is 0. The molecule has 1 atom stereocenters. The standard InChI is InChI=1S/C12H19N3O3/c1-9(12(13)16)18-11-4-3-10(15-8-11)7-14-5-6-17-2/h3-4,8-9,14H,5-7H2,1-2H3,(H2,13,16). The van der Waals surface area contributed by atoms with Gasteiger partial charge in [0.15, 0.2) is 6.10 Å². The average molecular weight is 253 g/mol. The summed E-state index contributed by atoms with van der Waals surface area (Å²) in [6.07, 6.45) is 0.921. The Labute approximate surface area is 106 Å². The first-order valence-corrected chi connectivity index (χ1v) is 5.74. The highest BCUT2D eigenvalue weighted by atomic mass is 16.5. The van der Waals surface area contributed by atoms with Gasteiger partial charge in [-0.05, 0) is 19.1 Å². The summed E-state index contributed by atoms with van der Waals surface area (Å²) in [6.45, 7) is 3.70. The molecule has 3 N–H and O–H groups in total. The van der Waals surface area contributed by atoms with Crippen LogP contribution in [0, 0.1) is 0 Å². The highest BCUT2D eigenvalue weighted by molar-refractivity contribution is 5.78. The molecule has 0 bridgehead atoms. The van der Waals surface area contributed by atoms with Gasteiger partial charge in [0.1, 0.15) is 5.75 Å². The molecular weight excluding hydrogens is 234 g/mol. The van der Waals surface area contributed by atoms with Crippen molar-refractivity contribution in [3.63, 3.8) is 0 Å². The second kappa shape index (κ2) is 7.62. The maximum Gasteiger partial charge on any atom is 0.258 e. The second-order valence-corrected chi connectivity index (χ2v) is 3.82. The zero-order chi connectivity index (χ0) is 13.4. The lowest BCUT2D eigenvalue weighted by molar-refractivity contribution is -0.123. The Morgan fingerprint density at radius 2 is 2.33 bits per heavy atom. The largest absolute Gasteiger partial charge is 0.479 e. The van der Waals surface area contributed by atoms with Gasteiger partial charge >= 0.3 is 0 Å². The van der Waals surface area contributed by atoms with Crippen molar-refractivity contribution in [3.05, 3.63) is 24.0 Å². The molecule has 0 aliphatic rings. The van der Waals surface area contributed by atoms with Crippen molar-refractivity contribution < 1.29 is 14.3 Å². The molecular formula is C12H19N3O3. The Morgan fingerprint density at radius 3 is 2.89 bits per heavy atom. The van der Waals surface area contributed by atoms with Crippen LogP contribution in [0.1, 0.15) is 12.6 Å². The van der Waals surface area contributed by atoms with Gasteiger partial charge in [-0.15, -0.1) is 0 Å². The highest BCUT2D eigenvalue weighted by Crippen LogP contribution is 2.11. The Morgan fingerprint density at radius 1 is 1.56 bits per heavy atom. The molecule has 0 aromatic carbocycles. The van der Waals surface area contributed by atoms with Gasteiger partial charge in [0.05, 0.1) is 18.5 Å². The van der Waals surface area contributed by atoms with Gasteiger partial charge in [0.2, 0.25) is 0 Å². The van der Waals surface area contributed by atoms with Gasteiger partial charge < -0.3 is 20.5 Å². The minimum absolute atomic E-state index is 0.500. The van der Waals surface area contributed by atoms with E-state index in [9.17, 15) is 4.79 Å². The SMILES string of the molecule is COCCNCc1ccc(OC(C)C(N)=O)cn1. The quantitative estimate of drug-likeness (QED) is 0.640. The lowest BCUT2D eigenvalue weighted by atomic mass is 10.3. The van der Waals surface area contributed by atoms with Crippen LogP contribution >= 0.6 is 0 Å². The molecule has 100 valence electrons. The van der Waals surface area contributed by atoms with Gasteiger partial charge in [-0.1, -0.05) is 0 Å². The normalized spacial score (nSPS) is 12.1. The van der Waals surface area contributed by atoms with E-state index in [1.165, 1.54) is 0 Å². The summed E-state index contributed by atoms with van der Waals surface area (Å²) in [5, 5.41) is 3.18. The number of carbonyl (C=O) groups excluding carboxylic acids is 1. The third-order valence-corrected chi connectivity index (χ3v) is 2.30. The third-order valence-electron chi connectivity index (χ3n) is 2.30.